The number of hydrogen-bond acceptors (Lipinski definition) is 10. The van der Waals surface area contributed by atoms with Gasteiger partial charge in [-0.05, 0) is 103 Å². The molecule has 6 aliphatic rings. The summed E-state index contributed by atoms with van der Waals surface area (Å²) < 4.78 is 27.5. The number of amides is 1. The van der Waals surface area contributed by atoms with E-state index < -0.39 is 24.0 Å². The first-order valence-electron chi connectivity index (χ1n) is 25.5. The zero-order valence-electron chi connectivity index (χ0n) is 39.0. The van der Waals surface area contributed by atoms with Crippen LogP contribution >= 0.6 is 0 Å². The fraction of sp³-hybridized carbons (Fsp3) is 0.600. The molecule has 2 saturated carbocycles. The molecule has 0 bridgehead atoms. The second-order valence-corrected chi connectivity index (χ2v) is 19.7. The van der Waals surface area contributed by atoms with Crippen LogP contribution in [0.4, 0.5) is 0 Å². The minimum Gasteiger partial charge on any atom is -0.492 e. The highest BCUT2D eigenvalue weighted by Crippen LogP contribution is 2.62. The second kappa shape index (κ2) is 22.2. The van der Waals surface area contributed by atoms with Crippen molar-refractivity contribution in [1.29, 1.82) is 0 Å². The van der Waals surface area contributed by atoms with Crippen LogP contribution in [0.15, 0.2) is 90.1 Å². The van der Waals surface area contributed by atoms with E-state index in [4.69, 9.17) is 28.9 Å². The molecule has 0 spiro atoms. The van der Waals surface area contributed by atoms with Crippen molar-refractivity contribution in [3.05, 3.63) is 96.1 Å². The van der Waals surface area contributed by atoms with Crippen LogP contribution in [0.25, 0.3) is 10.8 Å². The maximum atomic E-state index is 15.5. The van der Waals surface area contributed by atoms with Crippen molar-refractivity contribution in [1.82, 2.24) is 9.80 Å². The van der Waals surface area contributed by atoms with Crippen molar-refractivity contribution in [3.8, 4) is 11.5 Å². The van der Waals surface area contributed by atoms with Crippen LogP contribution in [-0.4, -0.2) is 102 Å². The largest absolute Gasteiger partial charge is 0.492 e. The predicted octanol–water partition coefficient (Wildman–Crippen LogP) is 9.69. The number of fused-ring (bicyclic) bond motifs is 3. The van der Waals surface area contributed by atoms with Gasteiger partial charge in [-0.1, -0.05) is 98.3 Å². The zero-order valence-corrected chi connectivity index (χ0v) is 39.0. The molecular weight excluding hydrogens is 831 g/mol. The fourth-order valence-electron chi connectivity index (χ4n) is 12.0. The van der Waals surface area contributed by atoms with Gasteiger partial charge in [-0.3, -0.25) is 9.69 Å². The van der Waals surface area contributed by atoms with Crippen LogP contribution in [-0.2, 0) is 25.7 Å². The van der Waals surface area contributed by atoms with Crippen LogP contribution in [0, 0.1) is 23.7 Å². The molecule has 2 saturated heterocycles. The van der Waals surface area contributed by atoms with Gasteiger partial charge in [0.1, 0.15) is 24.1 Å². The van der Waals surface area contributed by atoms with Crippen molar-refractivity contribution in [2.75, 3.05) is 52.7 Å². The van der Waals surface area contributed by atoms with Gasteiger partial charge in [-0.15, -0.1) is 6.58 Å². The fourth-order valence-corrected chi connectivity index (χ4v) is 12.0. The smallest absolute Gasteiger partial charge is 0.239 e. The van der Waals surface area contributed by atoms with Gasteiger partial charge < -0.3 is 38.9 Å². The third-order valence-corrected chi connectivity index (χ3v) is 15.4. The lowest BCUT2D eigenvalue weighted by molar-refractivity contribution is -0.258. The van der Waals surface area contributed by atoms with Crippen molar-refractivity contribution < 1.29 is 38.8 Å². The van der Waals surface area contributed by atoms with Crippen LogP contribution in [0.2, 0.25) is 0 Å². The average molecular weight is 904 g/mol. The number of aliphatic hydroxyl groups is 2. The monoisotopic (exact) mass is 904 g/mol. The number of oxime groups is 1. The third kappa shape index (κ3) is 10.6. The van der Waals surface area contributed by atoms with E-state index in [0.717, 1.165) is 122 Å². The summed E-state index contributed by atoms with van der Waals surface area (Å²) in [6.07, 6.45) is 17.9. The van der Waals surface area contributed by atoms with Crippen LogP contribution in [0.1, 0.15) is 120 Å². The first-order chi connectivity index (χ1) is 32.5. The van der Waals surface area contributed by atoms with Gasteiger partial charge in [0.15, 0.2) is 0 Å². The van der Waals surface area contributed by atoms with E-state index in [9.17, 15) is 10.2 Å². The molecule has 9 rings (SSSR count). The molecule has 11 heteroatoms. The Bertz CT molecular complexity index is 2150. The predicted molar refractivity (Wildman–Crippen MR) is 257 cm³/mol. The molecule has 3 aromatic rings. The lowest BCUT2D eigenvalue weighted by Gasteiger charge is -2.60. The summed E-state index contributed by atoms with van der Waals surface area (Å²) in [7, 11) is 0. The van der Waals surface area contributed by atoms with Crippen molar-refractivity contribution in [2.45, 2.75) is 133 Å². The van der Waals surface area contributed by atoms with Gasteiger partial charge in [0.25, 0.3) is 0 Å². The lowest BCUT2D eigenvalue weighted by Crippen LogP contribution is -2.70. The SMILES string of the molecule is C=CCOC12Oc3ccc(OCCN4CC4)cc3C3C(CCCCO)C(CCCCO)C=C(C(=NOC4CCCCO4)CC1N(Cc1cccc4ccccc14)C(=O)CCC1CCCC1)C32. The van der Waals surface area contributed by atoms with Crippen molar-refractivity contribution in [3.63, 3.8) is 0 Å². The summed E-state index contributed by atoms with van der Waals surface area (Å²) in [5, 5.41) is 27.5. The minimum atomic E-state index is -1.33. The molecule has 356 valence electrons. The van der Waals surface area contributed by atoms with Gasteiger partial charge in [0, 0.05) is 70.1 Å². The maximum Gasteiger partial charge on any atom is 0.239 e. The number of hydrogen-bond donors (Lipinski definition) is 2. The van der Waals surface area contributed by atoms with Gasteiger partial charge in [-0.25, -0.2) is 0 Å². The number of carbonyl (C=O) groups is 1. The van der Waals surface area contributed by atoms with Gasteiger partial charge in [-0.2, -0.15) is 0 Å². The van der Waals surface area contributed by atoms with Crippen LogP contribution < -0.4 is 9.47 Å². The Kier molecular flexibility index (Phi) is 15.8. The first kappa shape index (κ1) is 46.8. The summed E-state index contributed by atoms with van der Waals surface area (Å²) >= 11 is 0. The number of ether oxygens (including phenoxy) is 4. The third-order valence-electron chi connectivity index (χ3n) is 15.4. The van der Waals surface area contributed by atoms with E-state index in [-0.39, 0.29) is 43.5 Å². The van der Waals surface area contributed by atoms with Crippen molar-refractivity contribution >= 4 is 22.4 Å². The molecule has 3 heterocycles. The summed E-state index contributed by atoms with van der Waals surface area (Å²) in [6, 6.07) is 20.5. The van der Waals surface area contributed by atoms with E-state index in [0.29, 0.717) is 44.9 Å². The molecule has 3 aliphatic carbocycles. The summed E-state index contributed by atoms with van der Waals surface area (Å²) in [5.74, 6) is 0.577. The van der Waals surface area contributed by atoms with Crippen LogP contribution in [0.3, 0.4) is 0 Å². The molecular formula is C55H73N3O8. The Balaban J connectivity index is 1.22. The number of benzene rings is 3. The molecule has 7 atom stereocenters. The molecule has 7 unspecified atom stereocenters. The molecule has 4 fully saturated rings. The summed E-state index contributed by atoms with van der Waals surface area (Å²) in [4.78, 5) is 26.4. The molecule has 3 aromatic carbocycles. The number of aliphatic hydroxyl groups excluding tert-OH is 2. The highest BCUT2D eigenvalue weighted by atomic mass is 16.8. The molecule has 11 nitrogen and oxygen atoms in total. The zero-order chi connectivity index (χ0) is 45.3. The van der Waals surface area contributed by atoms with E-state index >= 15 is 4.79 Å². The Hall–Kier alpha value is -4.26. The summed E-state index contributed by atoms with van der Waals surface area (Å²) in [5.41, 5.74) is 3.97. The number of allylic oxidation sites excluding steroid dienone is 1. The standard InChI is InChI=1S/C55H73N3O8/c1-2-32-64-55-50(58(51(61)26-23-39-14-3-4-15-39)38-42-19-13-18-40-16-5-6-20-44(40)42)37-48(56-66-52-22-9-12-33-63-52)46-35-41(17-7-10-30-59)45(21-8-11-31-60)53(54(46)55)47-36-43(24-25-49(47)65-55)62-34-29-57-27-28-57/h2,5-6,13,16,18-20,24-25,35-36,39,41,45,50,52-54,59-60H,1,3-4,7-12,14-15,17,21-23,26-34,37-38H2. The molecule has 2 N–H and O–H groups in total. The minimum absolute atomic E-state index is 0.0861. The Morgan fingerprint density at radius 1 is 0.939 bits per heavy atom. The number of nitrogens with zero attached hydrogens (tertiary/aromatic N) is 3. The normalized spacial score (nSPS) is 27.7. The molecule has 0 radical (unpaired) electrons. The van der Waals surface area contributed by atoms with E-state index in [2.05, 4.69) is 77.1 Å². The Labute approximate surface area is 392 Å². The topological polar surface area (TPSA) is 122 Å². The molecule has 66 heavy (non-hydrogen) atoms. The first-order valence-corrected chi connectivity index (χ1v) is 25.5. The highest BCUT2D eigenvalue weighted by molar-refractivity contribution is 6.03. The molecule has 0 aromatic heterocycles. The Morgan fingerprint density at radius 2 is 1.74 bits per heavy atom. The quantitative estimate of drug-likeness (QED) is 0.0415. The van der Waals surface area contributed by atoms with E-state index in [1.54, 1.807) is 6.08 Å². The Morgan fingerprint density at radius 3 is 2.53 bits per heavy atom. The van der Waals surface area contributed by atoms with Crippen LogP contribution in [0.5, 0.6) is 11.5 Å². The average Bonchev–Trinajstić information content (AvgIpc) is 4.02. The van der Waals surface area contributed by atoms with Crippen molar-refractivity contribution in [2.24, 2.45) is 28.8 Å². The van der Waals surface area contributed by atoms with E-state index in [1.807, 2.05) is 6.07 Å². The summed E-state index contributed by atoms with van der Waals surface area (Å²) in [6.45, 7) is 9.35. The highest BCUT2D eigenvalue weighted by Gasteiger charge is 2.65. The number of unbranched alkanes of at least 4 members (excludes halogenated alkanes) is 2. The second-order valence-electron chi connectivity index (χ2n) is 19.7. The van der Waals surface area contributed by atoms with Gasteiger partial charge >= 0.3 is 0 Å². The molecule has 3 aliphatic heterocycles. The van der Waals surface area contributed by atoms with E-state index in [1.165, 1.54) is 25.7 Å². The number of carbonyl (C=O) groups excluding carboxylic acids is 1. The van der Waals surface area contributed by atoms with Gasteiger partial charge in [0.05, 0.1) is 24.8 Å². The number of rotatable bonds is 23. The lowest BCUT2D eigenvalue weighted by atomic mass is 9.55. The van der Waals surface area contributed by atoms with Gasteiger partial charge in [0.2, 0.25) is 18.0 Å². The molecule has 1 amide bonds. The maximum absolute atomic E-state index is 15.5.